The van der Waals surface area contributed by atoms with Gasteiger partial charge in [0.2, 0.25) is 0 Å². The van der Waals surface area contributed by atoms with E-state index < -0.39 is 0 Å². The number of rotatable bonds is 4. The van der Waals surface area contributed by atoms with Crippen molar-refractivity contribution < 1.29 is 0 Å². The van der Waals surface area contributed by atoms with Crippen molar-refractivity contribution in [2.45, 2.75) is 44.9 Å². The van der Waals surface area contributed by atoms with E-state index in [0.717, 1.165) is 18.9 Å². The Labute approximate surface area is 89.5 Å². The molecule has 1 heterocycles. The van der Waals surface area contributed by atoms with E-state index in [1.54, 1.807) is 0 Å². The maximum atomic E-state index is 5.55. The van der Waals surface area contributed by atoms with Crippen LogP contribution in [-0.4, -0.2) is 11.5 Å². The van der Waals surface area contributed by atoms with E-state index >= 15 is 0 Å². The van der Waals surface area contributed by atoms with Crippen LogP contribution in [0.4, 0.5) is 0 Å². The zero-order valence-corrected chi connectivity index (χ0v) is 9.73. The van der Waals surface area contributed by atoms with Crippen molar-refractivity contribution in [1.82, 2.24) is 4.98 Å². The SMILES string of the molecule is CC(C)c1sc(CCN)nc1C1CC1. The molecule has 0 aliphatic heterocycles. The summed E-state index contributed by atoms with van der Waals surface area (Å²) in [6.07, 6.45) is 3.62. The van der Waals surface area contributed by atoms with Crippen LogP contribution in [0.15, 0.2) is 0 Å². The molecule has 2 N–H and O–H groups in total. The first kappa shape index (κ1) is 10.1. The molecule has 1 saturated carbocycles. The van der Waals surface area contributed by atoms with Crippen LogP contribution in [-0.2, 0) is 6.42 Å². The largest absolute Gasteiger partial charge is 0.330 e. The summed E-state index contributed by atoms with van der Waals surface area (Å²) in [5.74, 6) is 1.39. The van der Waals surface area contributed by atoms with E-state index in [1.807, 2.05) is 11.3 Å². The van der Waals surface area contributed by atoms with Crippen molar-refractivity contribution in [2.24, 2.45) is 5.73 Å². The lowest BCUT2D eigenvalue weighted by atomic mass is 10.1. The quantitative estimate of drug-likeness (QED) is 0.829. The first-order chi connectivity index (χ1) is 6.72. The van der Waals surface area contributed by atoms with Gasteiger partial charge in [-0.2, -0.15) is 0 Å². The molecular weight excluding hydrogens is 192 g/mol. The third-order valence-electron chi connectivity index (χ3n) is 2.57. The van der Waals surface area contributed by atoms with Crippen LogP contribution in [0.25, 0.3) is 0 Å². The van der Waals surface area contributed by atoms with Gasteiger partial charge in [0.15, 0.2) is 0 Å². The molecule has 1 aromatic heterocycles. The van der Waals surface area contributed by atoms with Crippen LogP contribution in [0, 0.1) is 0 Å². The highest BCUT2D eigenvalue weighted by molar-refractivity contribution is 7.11. The monoisotopic (exact) mass is 210 g/mol. The summed E-state index contributed by atoms with van der Waals surface area (Å²) in [6.45, 7) is 5.23. The normalized spacial score (nSPS) is 16.6. The van der Waals surface area contributed by atoms with Gasteiger partial charge in [0, 0.05) is 17.2 Å². The van der Waals surface area contributed by atoms with Crippen molar-refractivity contribution >= 4 is 11.3 Å². The molecule has 0 amide bonds. The Morgan fingerprint density at radius 1 is 1.50 bits per heavy atom. The molecule has 0 saturated heterocycles. The lowest BCUT2D eigenvalue weighted by molar-refractivity contribution is 0.846. The first-order valence-corrected chi connectivity index (χ1v) is 6.23. The Kier molecular flexibility index (Phi) is 2.88. The standard InChI is InChI=1S/C11H18N2S/c1-7(2)11-10(8-3-4-8)13-9(14-11)5-6-12/h7-8H,3-6,12H2,1-2H3. The summed E-state index contributed by atoms with van der Waals surface area (Å²) in [5, 5.41) is 1.23. The highest BCUT2D eigenvalue weighted by Gasteiger charge is 2.30. The number of aromatic nitrogens is 1. The van der Waals surface area contributed by atoms with Crippen LogP contribution in [0.2, 0.25) is 0 Å². The van der Waals surface area contributed by atoms with E-state index in [1.165, 1.54) is 28.4 Å². The maximum Gasteiger partial charge on any atom is 0.0943 e. The molecule has 3 heteroatoms. The molecule has 1 fully saturated rings. The highest BCUT2D eigenvalue weighted by atomic mass is 32.1. The average molecular weight is 210 g/mol. The Balaban J connectivity index is 2.25. The number of nitrogens with two attached hydrogens (primary N) is 1. The minimum atomic E-state index is 0.620. The molecule has 0 aromatic carbocycles. The van der Waals surface area contributed by atoms with Gasteiger partial charge in [-0.25, -0.2) is 4.98 Å². The van der Waals surface area contributed by atoms with Gasteiger partial charge >= 0.3 is 0 Å². The van der Waals surface area contributed by atoms with Crippen LogP contribution in [0.3, 0.4) is 0 Å². The topological polar surface area (TPSA) is 38.9 Å². The molecule has 2 rings (SSSR count). The number of nitrogens with zero attached hydrogens (tertiary/aromatic N) is 1. The molecule has 1 aliphatic rings. The van der Waals surface area contributed by atoms with Gasteiger partial charge in [-0.3, -0.25) is 0 Å². The van der Waals surface area contributed by atoms with Crippen molar-refractivity contribution in [3.05, 3.63) is 15.6 Å². The Morgan fingerprint density at radius 3 is 2.71 bits per heavy atom. The third kappa shape index (κ3) is 1.98. The molecule has 78 valence electrons. The molecule has 14 heavy (non-hydrogen) atoms. The Hall–Kier alpha value is -0.410. The van der Waals surface area contributed by atoms with Crippen molar-refractivity contribution in [2.75, 3.05) is 6.54 Å². The van der Waals surface area contributed by atoms with Crippen LogP contribution in [0.5, 0.6) is 0 Å². The fraction of sp³-hybridized carbons (Fsp3) is 0.727. The second-order valence-electron chi connectivity index (χ2n) is 4.32. The predicted molar refractivity (Wildman–Crippen MR) is 60.9 cm³/mol. The van der Waals surface area contributed by atoms with Gasteiger partial charge in [0.25, 0.3) is 0 Å². The van der Waals surface area contributed by atoms with Gasteiger partial charge in [-0.15, -0.1) is 11.3 Å². The molecular formula is C11H18N2S. The lowest BCUT2D eigenvalue weighted by Crippen LogP contribution is -2.02. The molecule has 0 spiro atoms. The number of hydrogen-bond acceptors (Lipinski definition) is 3. The van der Waals surface area contributed by atoms with Gasteiger partial charge < -0.3 is 5.73 Å². The van der Waals surface area contributed by atoms with E-state index in [0.29, 0.717) is 5.92 Å². The highest BCUT2D eigenvalue weighted by Crippen LogP contribution is 2.44. The maximum absolute atomic E-state index is 5.55. The van der Waals surface area contributed by atoms with Gasteiger partial charge in [-0.05, 0) is 25.3 Å². The van der Waals surface area contributed by atoms with Crippen molar-refractivity contribution in [3.8, 4) is 0 Å². The smallest absolute Gasteiger partial charge is 0.0943 e. The van der Waals surface area contributed by atoms with Gasteiger partial charge in [-0.1, -0.05) is 13.8 Å². The summed E-state index contributed by atoms with van der Waals surface area (Å²) in [4.78, 5) is 6.22. The summed E-state index contributed by atoms with van der Waals surface area (Å²) in [7, 11) is 0. The Bertz CT molecular complexity index is 294. The van der Waals surface area contributed by atoms with Gasteiger partial charge in [0.05, 0.1) is 10.7 Å². The summed E-state index contributed by atoms with van der Waals surface area (Å²) in [5.41, 5.74) is 6.94. The molecule has 0 unspecified atom stereocenters. The van der Waals surface area contributed by atoms with E-state index in [9.17, 15) is 0 Å². The van der Waals surface area contributed by atoms with Crippen LogP contribution < -0.4 is 5.73 Å². The lowest BCUT2D eigenvalue weighted by Gasteiger charge is -2.02. The molecule has 2 nitrogen and oxygen atoms in total. The van der Waals surface area contributed by atoms with E-state index in [2.05, 4.69) is 13.8 Å². The molecule has 0 bridgehead atoms. The summed E-state index contributed by atoms with van der Waals surface area (Å²) >= 11 is 1.87. The van der Waals surface area contributed by atoms with Crippen molar-refractivity contribution in [1.29, 1.82) is 0 Å². The first-order valence-electron chi connectivity index (χ1n) is 5.42. The summed E-state index contributed by atoms with van der Waals surface area (Å²) in [6, 6.07) is 0. The number of thiazole rings is 1. The van der Waals surface area contributed by atoms with Crippen molar-refractivity contribution in [3.63, 3.8) is 0 Å². The molecule has 1 aliphatic carbocycles. The zero-order valence-electron chi connectivity index (χ0n) is 8.92. The molecule has 1 aromatic rings. The van der Waals surface area contributed by atoms with Crippen LogP contribution in [0.1, 0.15) is 54.1 Å². The average Bonchev–Trinajstić information content (AvgIpc) is 2.88. The summed E-state index contributed by atoms with van der Waals surface area (Å²) < 4.78 is 0. The van der Waals surface area contributed by atoms with Gasteiger partial charge in [0.1, 0.15) is 0 Å². The fourth-order valence-electron chi connectivity index (χ4n) is 1.68. The Morgan fingerprint density at radius 2 is 2.21 bits per heavy atom. The second-order valence-corrected chi connectivity index (χ2v) is 5.44. The van der Waals surface area contributed by atoms with E-state index in [4.69, 9.17) is 10.7 Å². The predicted octanol–water partition coefficient (Wildman–Crippen LogP) is 2.65. The molecule has 0 atom stereocenters. The minimum absolute atomic E-state index is 0.620. The molecule has 0 radical (unpaired) electrons. The minimum Gasteiger partial charge on any atom is -0.330 e. The van der Waals surface area contributed by atoms with Crippen LogP contribution >= 0.6 is 11.3 Å². The zero-order chi connectivity index (χ0) is 10.1. The third-order valence-corrected chi connectivity index (χ3v) is 4.00. The number of hydrogen-bond donors (Lipinski definition) is 1. The fourth-order valence-corrected chi connectivity index (χ4v) is 2.86. The second kappa shape index (κ2) is 3.99. The van der Waals surface area contributed by atoms with E-state index in [-0.39, 0.29) is 0 Å².